The van der Waals surface area contributed by atoms with Gasteiger partial charge in [0.25, 0.3) is 5.91 Å². The lowest BCUT2D eigenvalue weighted by molar-refractivity contribution is -0.192. The van der Waals surface area contributed by atoms with Crippen molar-refractivity contribution in [3.63, 3.8) is 0 Å². The molecule has 8 nitrogen and oxygen atoms in total. The molecule has 0 radical (unpaired) electrons. The Hall–Kier alpha value is -4.38. The van der Waals surface area contributed by atoms with E-state index in [4.69, 9.17) is 15.6 Å². The number of rotatable bonds is 7. The summed E-state index contributed by atoms with van der Waals surface area (Å²) in [5.41, 5.74) is 9.66. The molecule has 4 rings (SSSR count). The number of carbonyl (C=O) groups excluding carboxylic acids is 2. The Labute approximate surface area is 230 Å². The van der Waals surface area contributed by atoms with Crippen LogP contribution in [0.1, 0.15) is 35.2 Å². The largest absolute Gasteiger partial charge is 0.490 e. The monoisotopic (exact) mass is 556 g/mol. The van der Waals surface area contributed by atoms with Crippen LogP contribution in [0.15, 0.2) is 78.9 Å². The number of carboxylic acids is 1. The number of amides is 2. The zero-order valence-electron chi connectivity index (χ0n) is 21.7. The van der Waals surface area contributed by atoms with E-state index in [1.807, 2.05) is 66.7 Å². The number of nitrogens with zero attached hydrogens (tertiary/aromatic N) is 2. The van der Waals surface area contributed by atoms with Crippen LogP contribution in [0.4, 0.5) is 30.2 Å². The van der Waals surface area contributed by atoms with Crippen LogP contribution in [0.5, 0.6) is 0 Å². The highest BCUT2D eigenvalue weighted by atomic mass is 19.4. The van der Waals surface area contributed by atoms with Crippen molar-refractivity contribution in [1.29, 1.82) is 0 Å². The number of aliphatic carboxylic acids is 1. The molecular formula is C29H31F3N4O4. The summed E-state index contributed by atoms with van der Waals surface area (Å²) in [6, 6.07) is 24.4. The first-order valence-electron chi connectivity index (χ1n) is 12.7. The third-order valence-corrected chi connectivity index (χ3v) is 6.14. The summed E-state index contributed by atoms with van der Waals surface area (Å²) in [4.78, 5) is 39.0. The van der Waals surface area contributed by atoms with Crippen LogP contribution in [-0.4, -0.2) is 48.7 Å². The van der Waals surface area contributed by atoms with Crippen LogP contribution in [0, 0.1) is 0 Å². The number of nitrogens with two attached hydrogens (primary N) is 1. The molecule has 1 saturated heterocycles. The molecule has 0 atom stereocenters. The van der Waals surface area contributed by atoms with Crippen molar-refractivity contribution in [3.8, 4) is 0 Å². The van der Waals surface area contributed by atoms with Crippen molar-refractivity contribution in [2.24, 2.45) is 5.73 Å². The number of halogens is 3. The van der Waals surface area contributed by atoms with Crippen molar-refractivity contribution in [3.05, 3.63) is 90.0 Å². The van der Waals surface area contributed by atoms with Gasteiger partial charge in [-0.3, -0.25) is 14.5 Å². The molecule has 1 aliphatic rings. The highest BCUT2D eigenvalue weighted by molar-refractivity contribution is 6.10. The topological polar surface area (TPSA) is 116 Å². The van der Waals surface area contributed by atoms with Gasteiger partial charge in [-0.25, -0.2) is 4.79 Å². The fraction of sp³-hybridized carbons (Fsp3) is 0.276. The van der Waals surface area contributed by atoms with E-state index in [-0.39, 0.29) is 18.4 Å². The fourth-order valence-corrected chi connectivity index (χ4v) is 4.13. The summed E-state index contributed by atoms with van der Waals surface area (Å²) in [6.07, 6.45) is -1.36. The van der Waals surface area contributed by atoms with E-state index < -0.39 is 12.1 Å². The molecule has 212 valence electrons. The number of carbonyl (C=O) groups is 3. The van der Waals surface area contributed by atoms with Gasteiger partial charge in [-0.2, -0.15) is 13.2 Å². The normalized spacial score (nSPS) is 13.1. The van der Waals surface area contributed by atoms with Crippen molar-refractivity contribution in [2.45, 2.75) is 32.0 Å². The zero-order chi connectivity index (χ0) is 29.1. The molecule has 3 aromatic rings. The second kappa shape index (κ2) is 14.1. The molecule has 1 aliphatic heterocycles. The molecule has 0 spiro atoms. The Balaban J connectivity index is 0.000000559. The molecule has 40 heavy (non-hydrogen) atoms. The second-order valence-corrected chi connectivity index (χ2v) is 9.08. The average molecular weight is 557 g/mol. The Morgan fingerprint density at radius 1 is 0.900 bits per heavy atom. The van der Waals surface area contributed by atoms with Gasteiger partial charge in [-0.1, -0.05) is 30.3 Å². The molecule has 4 N–H and O–H groups in total. The number of anilines is 3. The lowest BCUT2D eigenvalue weighted by Crippen LogP contribution is -2.38. The summed E-state index contributed by atoms with van der Waals surface area (Å²) in [6.45, 7) is 2.40. The minimum atomic E-state index is -5.08. The van der Waals surface area contributed by atoms with Crippen LogP contribution < -0.4 is 20.9 Å². The first kappa shape index (κ1) is 30.2. The molecule has 0 bridgehead atoms. The minimum Gasteiger partial charge on any atom is -0.475 e. The number of nitrogens with one attached hydrogen (secondary N) is 1. The van der Waals surface area contributed by atoms with Crippen molar-refractivity contribution >= 4 is 34.8 Å². The molecular weight excluding hydrogens is 525 g/mol. The standard InChI is InChI=1S/C27H30N4O2.C2HF3O2/c28-19-21-8-7-9-22(18-21)27(33)31(25-10-3-1-4-11-25)20-26(32)29-23-12-14-24(15-13-23)30-16-5-2-6-17-30;3-2(4,5)1(6)7/h1,3-4,7-15,18H,2,5-6,16-17,19-20,28H2,(H,29,32);(H,6,7). The van der Waals surface area contributed by atoms with E-state index >= 15 is 0 Å². The minimum absolute atomic E-state index is 0.0937. The zero-order valence-corrected chi connectivity index (χ0v) is 21.7. The van der Waals surface area contributed by atoms with Crippen molar-refractivity contribution < 1.29 is 32.7 Å². The Kier molecular flexibility index (Phi) is 10.7. The van der Waals surface area contributed by atoms with Crippen LogP contribution >= 0.6 is 0 Å². The van der Waals surface area contributed by atoms with E-state index in [0.717, 1.165) is 18.7 Å². The predicted molar refractivity (Wildman–Crippen MR) is 147 cm³/mol. The molecule has 1 heterocycles. The van der Waals surface area contributed by atoms with Crippen molar-refractivity contribution in [1.82, 2.24) is 0 Å². The Morgan fingerprint density at radius 2 is 1.52 bits per heavy atom. The van der Waals surface area contributed by atoms with Crippen LogP contribution in [0.3, 0.4) is 0 Å². The SMILES string of the molecule is NCc1cccc(C(=O)N(CC(=O)Nc2ccc(N3CCCCC3)cc2)c2ccccc2)c1.O=C(O)C(F)(F)F. The summed E-state index contributed by atoms with van der Waals surface area (Å²) < 4.78 is 31.7. The number of hydrogen-bond acceptors (Lipinski definition) is 5. The van der Waals surface area contributed by atoms with E-state index in [1.54, 1.807) is 12.1 Å². The van der Waals surface area contributed by atoms with Gasteiger partial charge < -0.3 is 21.1 Å². The lowest BCUT2D eigenvalue weighted by Gasteiger charge is -2.29. The fourth-order valence-electron chi connectivity index (χ4n) is 4.13. The highest BCUT2D eigenvalue weighted by Crippen LogP contribution is 2.22. The maximum Gasteiger partial charge on any atom is 0.490 e. The van der Waals surface area contributed by atoms with Gasteiger partial charge in [0.05, 0.1) is 0 Å². The maximum atomic E-state index is 13.3. The highest BCUT2D eigenvalue weighted by Gasteiger charge is 2.38. The first-order valence-corrected chi connectivity index (χ1v) is 12.7. The van der Waals surface area contributed by atoms with Gasteiger partial charge in [0.2, 0.25) is 5.91 Å². The Morgan fingerprint density at radius 3 is 2.10 bits per heavy atom. The molecule has 0 unspecified atom stereocenters. The summed E-state index contributed by atoms with van der Waals surface area (Å²) in [5.74, 6) is -3.26. The van der Waals surface area contributed by atoms with E-state index in [0.29, 0.717) is 23.5 Å². The number of alkyl halides is 3. The average Bonchev–Trinajstić information content (AvgIpc) is 2.97. The molecule has 0 saturated carbocycles. The number of carboxylic acid groups (broad SMARTS) is 1. The van der Waals surface area contributed by atoms with Crippen LogP contribution in [0.2, 0.25) is 0 Å². The van der Waals surface area contributed by atoms with E-state index in [2.05, 4.69) is 10.2 Å². The lowest BCUT2D eigenvalue weighted by atomic mass is 10.1. The molecule has 2 amide bonds. The van der Waals surface area contributed by atoms with Gasteiger partial charge >= 0.3 is 12.1 Å². The number of para-hydroxylation sites is 1. The van der Waals surface area contributed by atoms with Gasteiger partial charge in [0.1, 0.15) is 6.54 Å². The van der Waals surface area contributed by atoms with E-state index in [1.165, 1.54) is 29.8 Å². The number of hydrogen-bond donors (Lipinski definition) is 3. The number of piperidine rings is 1. The molecule has 1 fully saturated rings. The van der Waals surface area contributed by atoms with Gasteiger partial charge in [-0.05, 0) is 73.4 Å². The Bertz CT molecular complexity index is 1280. The summed E-state index contributed by atoms with van der Waals surface area (Å²) >= 11 is 0. The second-order valence-electron chi connectivity index (χ2n) is 9.08. The smallest absolute Gasteiger partial charge is 0.475 e. The molecule has 0 aliphatic carbocycles. The van der Waals surface area contributed by atoms with Crippen LogP contribution in [-0.2, 0) is 16.1 Å². The number of benzene rings is 3. The molecule has 11 heteroatoms. The molecule has 3 aromatic carbocycles. The quantitative estimate of drug-likeness (QED) is 0.375. The third kappa shape index (κ3) is 8.84. The van der Waals surface area contributed by atoms with Gasteiger partial charge in [0, 0.05) is 42.3 Å². The van der Waals surface area contributed by atoms with Gasteiger partial charge in [0.15, 0.2) is 0 Å². The first-order chi connectivity index (χ1) is 19.1. The maximum absolute atomic E-state index is 13.3. The van der Waals surface area contributed by atoms with E-state index in [9.17, 15) is 22.8 Å². The summed E-state index contributed by atoms with van der Waals surface area (Å²) in [7, 11) is 0. The summed E-state index contributed by atoms with van der Waals surface area (Å²) in [5, 5.41) is 10.1. The van der Waals surface area contributed by atoms with Crippen LogP contribution in [0.25, 0.3) is 0 Å². The van der Waals surface area contributed by atoms with Crippen molar-refractivity contribution in [2.75, 3.05) is 34.8 Å². The third-order valence-electron chi connectivity index (χ3n) is 6.14. The molecule has 0 aromatic heterocycles. The predicted octanol–water partition coefficient (Wildman–Crippen LogP) is 5.05. The van der Waals surface area contributed by atoms with Gasteiger partial charge in [-0.15, -0.1) is 0 Å².